The molecule has 1 heterocycles. The third kappa shape index (κ3) is 2.69. The zero-order valence-electron chi connectivity index (χ0n) is 8.21. The minimum Gasteiger partial charge on any atom is -0.481 e. The smallest absolute Gasteiger partial charge is 0.305 e. The van der Waals surface area contributed by atoms with Gasteiger partial charge in [0, 0.05) is 25.5 Å². The summed E-state index contributed by atoms with van der Waals surface area (Å²) in [7, 11) is 1.80. The molecular formula is C9H13N3O2. The molecule has 0 aliphatic heterocycles. The topological polar surface area (TPSA) is 66.3 Å². The van der Waals surface area contributed by atoms with Crippen LogP contribution >= 0.6 is 0 Å². The van der Waals surface area contributed by atoms with Crippen molar-refractivity contribution < 1.29 is 9.90 Å². The lowest BCUT2D eigenvalue weighted by Gasteiger charge is -2.23. The minimum absolute atomic E-state index is 0.0904. The number of nitrogens with zero attached hydrogens (tertiary/aromatic N) is 3. The summed E-state index contributed by atoms with van der Waals surface area (Å²) in [6.45, 7) is 1.84. The number of rotatable bonds is 4. The van der Waals surface area contributed by atoms with Gasteiger partial charge < -0.3 is 10.0 Å². The molecule has 1 unspecified atom stereocenters. The summed E-state index contributed by atoms with van der Waals surface area (Å²) in [5, 5.41) is 8.62. The van der Waals surface area contributed by atoms with Crippen molar-refractivity contribution in [1.82, 2.24) is 9.97 Å². The molecular weight excluding hydrogens is 182 g/mol. The van der Waals surface area contributed by atoms with Crippen LogP contribution in [0.3, 0.4) is 0 Å². The van der Waals surface area contributed by atoms with Crippen LogP contribution < -0.4 is 4.90 Å². The third-order valence-corrected chi connectivity index (χ3v) is 2.04. The fraction of sp³-hybridized carbons (Fsp3) is 0.444. The Labute approximate surface area is 82.4 Å². The molecule has 1 rings (SSSR count). The summed E-state index contributed by atoms with van der Waals surface area (Å²) < 4.78 is 0. The third-order valence-electron chi connectivity index (χ3n) is 2.04. The lowest BCUT2D eigenvalue weighted by molar-refractivity contribution is -0.137. The summed E-state index contributed by atoms with van der Waals surface area (Å²) in [5.74, 6) is -0.130. The predicted octanol–water partition coefficient (Wildman–Crippen LogP) is 0.776. The molecule has 0 aliphatic rings. The average molecular weight is 195 g/mol. The highest BCUT2D eigenvalue weighted by atomic mass is 16.4. The van der Waals surface area contributed by atoms with Crippen molar-refractivity contribution in [3.8, 4) is 0 Å². The van der Waals surface area contributed by atoms with Gasteiger partial charge in [-0.05, 0) is 6.92 Å². The van der Waals surface area contributed by atoms with Crippen LogP contribution in [0, 0.1) is 0 Å². The molecule has 0 aromatic carbocycles. The number of carbonyl (C=O) groups is 1. The zero-order valence-corrected chi connectivity index (χ0v) is 8.21. The molecule has 0 bridgehead atoms. The van der Waals surface area contributed by atoms with Gasteiger partial charge in [-0.3, -0.25) is 9.78 Å². The Kier molecular flexibility index (Phi) is 3.39. The van der Waals surface area contributed by atoms with E-state index in [0.29, 0.717) is 5.82 Å². The van der Waals surface area contributed by atoms with E-state index >= 15 is 0 Å². The number of anilines is 1. The first-order valence-electron chi connectivity index (χ1n) is 4.32. The summed E-state index contributed by atoms with van der Waals surface area (Å²) in [6, 6.07) is -0.0933. The molecule has 14 heavy (non-hydrogen) atoms. The first kappa shape index (κ1) is 10.4. The second-order valence-electron chi connectivity index (χ2n) is 3.12. The van der Waals surface area contributed by atoms with E-state index in [1.165, 1.54) is 0 Å². The number of aliphatic carboxylic acids is 1. The number of carboxylic acids is 1. The highest BCUT2D eigenvalue weighted by Gasteiger charge is 2.14. The van der Waals surface area contributed by atoms with Crippen molar-refractivity contribution in [3.63, 3.8) is 0 Å². The van der Waals surface area contributed by atoms with Gasteiger partial charge >= 0.3 is 5.97 Å². The summed E-state index contributed by atoms with van der Waals surface area (Å²) in [5.41, 5.74) is 0. The van der Waals surface area contributed by atoms with Crippen LogP contribution in [-0.2, 0) is 4.79 Å². The molecule has 0 amide bonds. The van der Waals surface area contributed by atoms with Crippen LogP contribution in [0.25, 0.3) is 0 Å². The Morgan fingerprint density at radius 2 is 2.36 bits per heavy atom. The Morgan fingerprint density at radius 1 is 1.64 bits per heavy atom. The van der Waals surface area contributed by atoms with Crippen LogP contribution in [0.5, 0.6) is 0 Å². The molecule has 1 aromatic rings. The molecule has 5 nitrogen and oxygen atoms in total. The molecule has 0 saturated carbocycles. The van der Waals surface area contributed by atoms with Crippen molar-refractivity contribution in [2.45, 2.75) is 19.4 Å². The molecule has 0 fully saturated rings. The van der Waals surface area contributed by atoms with Gasteiger partial charge in [-0.1, -0.05) is 0 Å². The van der Waals surface area contributed by atoms with Crippen molar-refractivity contribution in [1.29, 1.82) is 0 Å². The Balaban J connectivity index is 2.65. The van der Waals surface area contributed by atoms with E-state index in [4.69, 9.17) is 5.11 Å². The van der Waals surface area contributed by atoms with E-state index in [0.717, 1.165) is 0 Å². The molecule has 0 aliphatic carbocycles. The van der Waals surface area contributed by atoms with E-state index in [2.05, 4.69) is 9.97 Å². The number of carboxylic acid groups (broad SMARTS) is 1. The normalized spacial score (nSPS) is 12.1. The van der Waals surface area contributed by atoms with Gasteiger partial charge in [0.1, 0.15) is 5.82 Å². The van der Waals surface area contributed by atoms with Crippen LogP contribution in [0.4, 0.5) is 5.82 Å². The SMILES string of the molecule is CC(CC(=O)O)N(C)c1cnccn1. The van der Waals surface area contributed by atoms with Gasteiger partial charge in [-0.15, -0.1) is 0 Å². The van der Waals surface area contributed by atoms with Crippen LogP contribution in [0.1, 0.15) is 13.3 Å². The Bertz CT molecular complexity index is 302. The van der Waals surface area contributed by atoms with Gasteiger partial charge in [0.05, 0.1) is 12.6 Å². The fourth-order valence-corrected chi connectivity index (χ4v) is 1.09. The van der Waals surface area contributed by atoms with Crippen molar-refractivity contribution in [3.05, 3.63) is 18.6 Å². The van der Waals surface area contributed by atoms with Crippen molar-refractivity contribution in [2.75, 3.05) is 11.9 Å². The average Bonchev–Trinajstić information content (AvgIpc) is 2.17. The van der Waals surface area contributed by atoms with E-state index < -0.39 is 5.97 Å². The highest BCUT2D eigenvalue weighted by Crippen LogP contribution is 2.11. The maximum absolute atomic E-state index is 10.5. The molecule has 0 radical (unpaired) electrons. The van der Waals surface area contributed by atoms with E-state index in [9.17, 15) is 4.79 Å². The first-order chi connectivity index (χ1) is 6.61. The molecule has 1 atom stereocenters. The molecule has 76 valence electrons. The second-order valence-corrected chi connectivity index (χ2v) is 3.12. The lowest BCUT2D eigenvalue weighted by atomic mass is 10.2. The first-order valence-corrected chi connectivity index (χ1v) is 4.32. The number of aromatic nitrogens is 2. The molecule has 5 heteroatoms. The zero-order chi connectivity index (χ0) is 10.6. The van der Waals surface area contributed by atoms with E-state index in [1.54, 1.807) is 30.5 Å². The highest BCUT2D eigenvalue weighted by molar-refractivity contribution is 5.68. The summed E-state index contributed by atoms with van der Waals surface area (Å²) in [6.07, 6.45) is 4.87. The van der Waals surface area contributed by atoms with Crippen LogP contribution in [0.2, 0.25) is 0 Å². The van der Waals surface area contributed by atoms with Gasteiger partial charge in [-0.25, -0.2) is 4.98 Å². The molecule has 0 saturated heterocycles. The maximum Gasteiger partial charge on any atom is 0.305 e. The van der Waals surface area contributed by atoms with Crippen molar-refractivity contribution >= 4 is 11.8 Å². The largest absolute Gasteiger partial charge is 0.481 e. The van der Waals surface area contributed by atoms with Gasteiger partial charge in [0.25, 0.3) is 0 Å². The Hall–Kier alpha value is -1.65. The van der Waals surface area contributed by atoms with Gasteiger partial charge in [-0.2, -0.15) is 0 Å². The molecule has 1 N–H and O–H groups in total. The van der Waals surface area contributed by atoms with Gasteiger partial charge in [0.15, 0.2) is 0 Å². The fourth-order valence-electron chi connectivity index (χ4n) is 1.09. The Morgan fingerprint density at radius 3 is 2.86 bits per heavy atom. The quantitative estimate of drug-likeness (QED) is 0.768. The maximum atomic E-state index is 10.5. The van der Waals surface area contributed by atoms with Crippen molar-refractivity contribution in [2.24, 2.45) is 0 Å². The van der Waals surface area contributed by atoms with Crippen LogP contribution in [0.15, 0.2) is 18.6 Å². The van der Waals surface area contributed by atoms with Crippen LogP contribution in [-0.4, -0.2) is 34.1 Å². The molecule has 1 aromatic heterocycles. The predicted molar refractivity (Wildman–Crippen MR) is 52.1 cm³/mol. The number of hydrogen-bond donors (Lipinski definition) is 1. The van der Waals surface area contributed by atoms with E-state index in [1.807, 2.05) is 6.92 Å². The van der Waals surface area contributed by atoms with E-state index in [-0.39, 0.29) is 12.5 Å². The minimum atomic E-state index is -0.812. The lowest BCUT2D eigenvalue weighted by Crippen LogP contribution is -2.31. The monoisotopic (exact) mass is 195 g/mol. The molecule has 0 spiro atoms. The summed E-state index contributed by atoms with van der Waals surface area (Å²) >= 11 is 0. The number of hydrogen-bond acceptors (Lipinski definition) is 4. The van der Waals surface area contributed by atoms with Gasteiger partial charge in [0.2, 0.25) is 0 Å². The summed E-state index contributed by atoms with van der Waals surface area (Å²) in [4.78, 5) is 20.3. The second kappa shape index (κ2) is 4.55. The standard InChI is InChI=1S/C9H13N3O2/c1-7(5-9(13)14)12(2)8-6-10-3-4-11-8/h3-4,6-7H,5H2,1-2H3,(H,13,14).